The second kappa shape index (κ2) is 15.1. The van der Waals surface area contributed by atoms with Crippen LogP contribution in [0.5, 0.6) is 0 Å². The van der Waals surface area contributed by atoms with Gasteiger partial charge >= 0.3 is 5.97 Å². The van der Waals surface area contributed by atoms with Gasteiger partial charge in [0.1, 0.15) is 5.78 Å². The maximum Gasteiger partial charge on any atom is 0.308 e. The smallest absolute Gasteiger partial charge is 0.308 e. The van der Waals surface area contributed by atoms with E-state index in [4.69, 9.17) is 10.5 Å². The molecule has 0 fully saturated rings. The molecule has 0 aliphatic carbocycles. The molecule has 18 heavy (non-hydrogen) atoms. The molecule has 5 nitrogen and oxygen atoms in total. The molecule has 0 bridgehead atoms. The molecule has 0 aliphatic heterocycles. The van der Waals surface area contributed by atoms with Crippen molar-refractivity contribution in [3.8, 4) is 12.1 Å². The van der Waals surface area contributed by atoms with Crippen LogP contribution in [0.25, 0.3) is 0 Å². The molecule has 0 N–H and O–H groups in total. The molecule has 5 heteroatoms. The summed E-state index contributed by atoms with van der Waals surface area (Å²) in [5.41, 5.74) is 0. The Morgan fingerprint density at radius 1 is 1.11 bits per heavy atom. The summed E-state index contributed by atoms with van der Waals surface area (Å²) in [6.07, 6.45) is 0.0532. The highest BCUT2D eigenvalue weighted by Gasteiger charge is 2.04. The zero-order valence-corrected chi connectivity index (χ0v) is 12.0. The number of ketones is 1. The van der Waals surface area contributed by atoms with Gasteiger partial charge in [-0.1, -0.05) is 27.7 Å². The fourth-order valence-electron chi connectivity index (χ4n) is 0.518. The Labute approximate surface area is 109 Å². The van der Waals surface area contributed by atoms with Crippen LogP contribution in [-0.4, -0.2) is 18.9 Å². The van der Waals surface area contributed by atoms with E-state index in [0.717, 1.165) is 0 Å². The fraction of sp³-hybridized carbons (Fsp3) is 0.692. The third-order valence-electron chi connectivity index (χ3n) is 1.57. The maximum absolute atomic E-state index is 10.5. The van der Waals surface area contributed by atoms with Crippen LogP contribution in [-0.2, 0) is 14.3 Å². The van der Waals surface area contributed by atoms with Crippen molar-refractivity contribution in [3.63, 3.8) is 0 Å². The van der Waals surface area contributed by atoms with Gasteiger partial charge in [0.05, 0.1) is 31.6 Å². The average molecular weight is 254 g/mol. The number of carbonyl (C=O) groups excluding carboxylic acids is 2. The fourth-order valence-corrected chi connectivity index (χ4v) is 0.518. The first-order valence-corrected chi connectivity index (χ1v) is 5.56. The van der Waals surface area contributed by atoms with E-state index in [1.165, 1.54) is 14.0 Å². The van der Waals surface area contributed by atoms with Crippen molar-refractivity contribution >= 4 is 11.8 Å². The second-order valence-electron chi connectivity index (χ2n) is 3.86. The molecule has 0 saturated carbocycles. The van der Waals surface area contributed by atoms with Gasteiger partial charge in [-0.05, 0) is 0 Å². The van der Waals surface area contributed by atoms with Gasteiger partial charge in [0.15, 0.2) is 0 Å². The van der Waals surface area contributed by atoms with Crippen LogP contribution in [0, 0.1) is 34.5 Å². The van der Waals surface area contributed by atoms with Gasteiger partial charge in [-0.15, -0.1) is 0 Å². The van der Waals surface area contributed by atoms with E-state index in [1.807, 2.05) is 0 Å². The van der Waals surface area contributed by atoms with Crippen LogP contribution in [0.3, 0.4) is 0 Å². The summed E-state index contributed by atoms with van der Waals surface area (Å²) >= 11 is 0. The summed E-state index contributed by atoms with van der Waals surface area (Å²) in [5.74, 6) is -0.118. The third kappa shape index (κ3) is 19.7. The van der Waals surface area contributed by atoms with E-state index in [0.29, 0.717) is 0 Å². The lowest BCUT2D eigenvalue weighted by Gasteiger charge is -1.97. The van der Waals surface area contributed by atoms with Gasteiger partial charge in [-0.2, -0.15) is 10.5 Å². The molecule has 0 aromatic carbocycles. The largest absolute Gasteiger partial charge is 0.469 e. The molecule has 0 unspecified atom stereocenters. The number of carbonyl (C=O) groups is 2. The number of hydrogen-bond donors (Lipinski definition) is 0. The van der Waals surface area contributed by atoms with Crippen molar-refractivity contribution in [1.29, 1.82) is 10.5 Å². The number of ether oxygens (including phenoxy) is 1. The third-order valence-corrected chi connectivity index (χ3v) is 1.57. The lowest BCUT2D eigenvalue weighted by molar-refractivity contribution is -0.144. The normalized spacial score (nSPS) is 7.89. The predicted octanol–water partition coefficient (Wildman–Crippen LogP) is 2.47. The zero-order chi connectivity index (χ0) is 15.1. The van der Waals surface area contributed by atoms with Crippen LogP contribution < -0.4 is 0 Å². The number of nitriles is 2. The number of methoxy groups -OCH3 is 1. The maximum atomic E-state index is 10.5. The van der Waals surface area contributed by atoms with Gasteiger partial charge in [-0.3, -0.25) is 9.59 Å². The summed E-state index contributed by atoms with van der Waals surface area (Å²) in [7, 11) is 1.39. The van der Waals surface area contributed by atoms with Gasteiger partial charge in [0, 0.05) is 12.8 Å². The Hall–Kier alpha value is -1.88. The molecule has 0 aromatic heterocycles. The van der Waals surface area contributed by atoms with Crippen molar-refractivity contribution in [2.45, 2.75) is 41.0 Å². The Kier molecular flexibility index (Phi) is 18.0. The van der Waals surface area contributed by atoms with Crippen LogP contribution in [0.15, 0.2) is 0 Å². The Balaban J connectivity index is -0.000000207. The summed E-state index contributed by atoms with van der Waals surface area (Å²) in [6, 6.07) is 3.55. The van der Waals surface area contributed by atoms with Crippen molar-refractivity contribution in [3.05, 3.63) is 0 Å². The molecule has 0 aromatic rings. The molecule has 0 atom stereocenters. The first-order valence-electron chi connectivity index (χ1n) is 5.56. The van der Waals surface area contributed by atoms with Gasteiger partial charge in [0.25, 0.3) is 0 Å². The average Bonchev–Trinajstić information content (AvgIpc) is 2.30. The van der Waals surface area contributed by atoms with Crippen molar-refractivity contribution in [2.24, 2.45) is 11.8 Å². The molecular formula is C13H22N2O3. The summed E-state index contributed by atoms with van der Waals surface area (Å²) in [5, 5.41) is 15.3. The first kappa shape index (κ1) is 21.4. The quantitative estimate of drug-likeness (QED) is 0.721. The molecule has 0 rings (SSSR count). The Morgan fingerprint density at radius 3 is 1.56 bits per heavy atom. The molecule has 0 heterocycles. The summed E-state index contributed by atoms with van der Waals surface area (Å²) in [6.45, 7) is 8.61. The van der Waals surface area contributed by atoms with Crippen molar-refractivity contribution in [2.75, 3.05) is 7.11 Å². The van der Waals surface area contributed by atoms with Crippen LogP contribution >= 0.6 is 0 Å². The zero-order valence-electron chi connectivity index (χ0n) is 12.0. The van der Waals surface area contributed by atoms with Crippen molar-refractivity contribution < 1.29 is 14.3 Å². The monoisotopic (exact) mass is 254 g/mol. The lowest BCUT2D eigenvalue weighted by Crippen LogP contribution is -2.07. The Morgan fingerprint density at radius 2 is 1.50 bits per heavy atom. The SMILES string of the molecule is CC#N.CC(C)C(=O)CC#N.COC(=O)C(C)C. The number of Topliss-reactive ketones (excluding diaryl/α,β-unsaturated/α-hetero) is 1. The van der Waals surface area contributed by atoms with Crippen LogP contribution in [0.4, 0.5) is 0 Å². The number of nitrogens with zero attached hydrogens (tertiary/aromatic N) is 2. The minimum Gasteiger partial charge on any atom is -0.469 e. The number of hydrogen-bond acceptors (Lipinski definition) is 5. The highest BCUT2D eigenvalue weighted by molar-refractivity contribution is 5.82. The molecule has 0 radical (unpaired) electrons. The molecule has 0 aliphatic rings. The van der Waals surface area contributed by atoms with E-state index in [-0.39, 0.29) is 30.0 Å². The van der Waals surface area contributed by atoms with E-state index in [9.17, 15) is 9.59 Å². The Bertz CT molecular complexity index is 309. The van der Waals surface area contributed by atoms with Gasteiger partial charge in [0.2, 0.25) is 0 Å². The van der Waals surface area contributed by atoms with E-state index in [1.54, 1.807) is 39.8 Å². The van der Waals surface area contributed by atoms with Crippen LogP contribution in [0.1, 0.15) is 41.0 Å². The van der Waals surface area contributed by atoms with Crippen LogP contribution in [0.2, 0.25) is 0 Å². The number of rotatable bonds is 3. The van der Waals surface area contributed by atoms with Gasteiger partial charge < -0.3 is 4.74 Å². The van der Waals surface area contributed by atoms with E-state index < -0.39 is 0 Å². The highest BCUT2D eigenvalue weighted by Crippen LogP contribution is 1.95. The number of esters is 1. The molecule has 0 saturated heterocycles. The summed E-state index contributed by atoms with van der Waals surface area (Å²) in [4.78, 5) is 20.8. The topological polar surface area (TPSA) is 91.0 Å². The predicted molar refractivity (Wildman–Crippen MR) is 68.2 cm³/mol. The first-order chi connectivity index (χ1) is 8.28. The van der Waals surface area contributed by atoms with Gasteiger partial charge in [-0.25, -0.2) is 0 Å². The molecule has 0 spiro atoms. The molecule has 0 amide bonds. The lowest BCUT2D eigenvalue weighted by atomic mass is 10.1. The van der Waals surface area contributed by atoms with Crippen molar-refractivity contribution in [1.82, 2.24) is 0 Å². The highest BCUT2D eigenvalue weighted by atomic mass is 16.5. The molecular weight excluding hydrogens is 232 g/mol. The second-order valence-corrected chi connectivity index (χ2v) is 3.86. The van der Waals surface area contributed by atoms with E-state index >= 15 is 0 Å². The van der Waals surface area contributed by atoms with E-state index in [2.05, 4.69) is 4.74 Å². The standard InChI is InChI=1S/C6H9NO.C5H10O2.C2H3N/c1-5(2)6(8)3-4-7;1-4(2)5(6)7-3;1-2-3/h5H,3H2,1-2H3;4H,1-3H3;1H3. The summed E-state index contributed by atoms with van der Waals surface area (Å²) < 4.78 is 4.37. The minimum absolute atomic E-state index is 0.00463. The molecule has 102 valence electrons. The minimum atomic E-state index is -0.153.